The van der Waals surface area contributed by atoms with Gasteiger partial charge in [-0.1, -0.05) is 35.8 Å². The molecule has 0 spiro atoms. The number of ether oxygens (including phenoxy) is 1. The van der Waals surface area contributed by atoms with E-state index in [0.29, 0.717) is 47.0 Å². The smallest absolute Gasteiger partial charge is 0.321 e. The van der Waals surface area contributed by atoms with Gasteiger partial charge in [0.05, 0.1) is 28.4 Å². The van der Waals surface area contributed by atoms with E-state index in [2.05, 4.69) is 27.2 Å². The van der Waals surface area contributed by atoms with E-state index in [4.69, 9.17) is 27.9 Å². The van der Waals surface area contributed by atoms with Crippen molar-refractivity contribution in [3.05, 3.63) is 64.4 Å². The number of anilines is 1. The zero-order valence-corrected chi connectivity index (χ0v) is 18.6. The number of imidazole rings is 1. The number of nitrogens with one attached hydrogen (secondary N) is 3. The van der Waals surface area contributed by atoms with Crippen LogP contribution in [0.3, 0.4) is 0 Å². The second-order valence-electron chi connectivity index (χ2n) is 7.32. The van der Waals surface area contributed by atoms with Crippen LogP contribution in [0.15, 0.2) is 43.0 Å². The van der Waals surface area contributed by atoms with E-state index in [9.17, 15) is 4.79 Å². The lowest BCUT2D eigenvalue weighted by molar-refractivity contribution is 0.171. The van der Waals surface area contributed by atoms with Gasteiger partial charge in [-0.2, -0.15) is 0 Å². The van der Waals surface area contributed by atoms with Gasteiger partial charge < -0.3 is 20.4 Å². The Labute approximate surface area is 190 Å². The van der Waals surface area contributed by atoms with Gasteiger partial charge in [-0.05, 0) is 42.3 Å². The Bertz CT molecular complexity index is 1130. The molecule has 2 amide bonds. The fourth-order valence-corrected chi connectivity index (χ4v) is 4.03. The summed E-state index contributed by atoms with van der Waals surface area (Å²) in [5.74, 6) is 0.716. The predicted octanol–water partition coefficient (Wildman–Crippen LogP) is 4.74. The molecule has 3 aromatic rings. The van der Waals surface area contributed by atoms with Crippen LogP contribution in [0.25, 0.3) is 16.7 Å². The number of methoxy groups -OCH3 is 1. The van der Waals surface area contributed by atoms with Crippen molar-refractivity contribution >= 4 is 51.7 Å². The largest absolute Gasteiger partial charge is 0.382 e. The highest BCUT2D eigenvalue weighted by Crippen LogP contribution is 2.30. The average molecular weight is 460 g/mol. The highest BCUT2D eigenvalue weighted by Gasteiger charge is 2.22. The number of amides is 2. The van der Waals surface area contributed by atoms with Crippen molar-refractivity contribution in [3.8, 4) is 0 Å². The monoisotopic (exact) mass is 459 g/mol. The SMILES string of the molecule is C=C(N[C@@H](COC)c1nc2cc(Cl)ccc2[nH]1)c1ccc(N2CCCNC2=O)c(Cl)c1. The molecule has 2 heterocycles. The maximum absolute atomic E-state index is 12.1. The molecule has 0 unspecified atom stereocenters. The van der Waals surface area contributed by atoms with Gasteiger partial charge in [-0.3, -0.25) is 4.90 Å². The second kappa shape index (κ2) is 9.18. The van der Waals surface area contributed by atoms with E-state index in [1.807, 2.05) is 30.3 Å². The van der Waals surface area contributed by atoms with Crippen molar-refractivity contribution in [1.82, 2.24) is 20.6 Å². The molecule has 3 N–H and O–H groups in total. The number of fused-ring (bicyclic) bond motifs is 1. The Morgan fingerprint density at radius 3 is 2.90 bits per heavy atom. The number of hydrogen-bond donors (Lipinski definition) is 3. The lowest BCUT2D eigenvalue weighted by atomic mass is 10.1. The summed E-state index contributed by atoms with van der Waals surface area (Å²) in [6.07, 6.45) is 0.874. The number of carbonyl (C=O) groups is 1. The molecule has 1 atom stereocenters. The molecule has 0 aliphatic carbocycles. The summed E-state index contributed by atoms with van der Waals surface area (Å²) in [4.78, 5) is 21.7. The number of benzene rings is 2. The Morgan fingerprint density at radius 1 is 1.32 bits per heavy atom. The molecule has 0 bridgehead atoms. The van der Waals surface area contributed by atoms with Gasteiger partial charge in [0.2, 0.25) is 0 Å². The van der Waals surface area contributed by atoms with Gasteiger partial charge in [0, 0.05) is 30.9 Å². The van der Waals surface area contributed by atoms with Crippen LogP contribution < -0.4 is 15.5 Å². The first-order valence-electron chi connectivity index (χ1n) is 9.91. The van der Waals surface area contributed by atoms with Gasteiger partial charge in [0.25, 0.3) is 0 Å². The Morgan fingerprint density at radius 2 is 2.16 bits per heavy atom. The molecular formula is C22H23Cl2N5O2. The number of nitrogens with zero attached hydrogens (tertiary/aromatic N) is 2. The average Bonchev–Trinajstić information content (AvgIpc) is 3.17. The molecule has 9 heteroatoms. The number of urea groups is 1. The van der Waals surface area contributed by atoms with Gasteiger partial charge in [0.15, 0.2) is 0 Å². The molecule has 1 saturated heterocycles. The van der Waals surface area contributed by atoms with E-state index in [0.717, 1.165) is 23.0 Å². The highest BCUT2D eigenvalue weighted by molar-refractivity contribution is 6.34. The number of carbonyl (C=O) groups excluding carboxylic acids is 1. The quantitative estimate of drug-likeness (QED) is 0.476. The lowest BCUT2D eigenvalue weighted by Gasteiger charge is -2.28. The molecule has 0 radical (unpaired) electrons. The molecule has 1 aliphatic heterocycles. The van der Waals surface area contributed by atoms with E-state index in [-0.39, 0.29) is 12.1 Å². The van der Waals surface area contributed by atoms with Crippen molar-refractivity contribution in [3.63, 3.8) is 0 Å². The summed E-state index contributed by atoms with van der Waals surface area (Å²) in [6.45, 7) is 5.86. The summed E-state index contributed by atoms with van der Waals surface area (Å²) in [5.41, 5.74) is 3.82. The first-order chi connectivity index (χ1) is 15.0. The molecule has 7 nitrogen and oxygen atoms in total. The maximum Gasteiger partial charge on any atom is 0.321 e. The van der Waals surface area contributed by atoms with E-state index >= 15 is 0 Å². The number of rotatable bonds is 7. The molecule has 31 heavy (non-hydrogen) atoms. The summed E-state index contributed by atoms with van der Waals surface area (Å²) in [5, 5.41) is 7.31. The Balaban J connectivity index is 1.54. The molecule has 0 saturated carbocycles. The molecule has 2 aromatic carbocycles. The number of aromatic amines is 1. The topological polar surface area (TPSA) is 82.3 Å². The van der Waals surface area contributed by atoms with Crippen LogP contribution in [0.2, 0.25) is 10.0 Å². The minimum absolute atomic E-state index is 0.136. The number of aromatic nitrogens is 2. The van der Waals surface area contributed by atoms with Gasteiger partial charge in [-0.15, -0.1) is 0 Å². The number of halogens is 2. The van der Waals surface area contributed by atoms with Crippen LogP contribution in [-0.2, 0) is 4.74 Å². The second-order valence-corrected chi connectivity index (χ2v) is 8.16. The normalized spacial score (nSPS) is 15.1. The first-order valence-corrected chi connectivity index (χ1v) is 10.7. The molecular weight excluding hydrogens is 437 g/mol. The summed E-state index contributed by atoms with van der Waals surface area (Å²) >= 11 is 12.6. The third-order valence-electron chi connectivity index (χ3n) is 5.14. The minimum atomic E-state index is -0.255. The Kier molecular flexibility index (Phi) is 6.36. The standard InChI is InChI=1S/C22H23Cl2N5O2/c1-13(14-4-7-20(16(24)10-14)29-9-3-8-25-22(29)30)26-19(12-31-2)21-27-17-6-5-15(23)11-18(17)28-21/h4-7,10-11,19,26H,1,3,8-9,12H2,2H3,(H,25,30)(H,27,28)/t19-/m0/s1. The third-order valence-corrected chi connectivity index (χ3v) is 5.68. The maximum atomic E-state index is 12.1. The van der Waals surface area contributed by atoms with Gasteiger partial charge in [-0.25, -0.2) is 9.78 Å². The zero-order chi connectivity index (χ0) is 22.0. The van der Waals surface area contributed by atoms with Gasteiger partial charge >= 0.3 is 6.03 Å². The van der Waals surface area contributed by atoms with Crippen molar-refractivity contribution < 1.29 is 9.53 Å². The number of H-pyrrole nitrogens is 1. The molecule has 1 aliphatic rings. The highest BCUT2D eigenvalue weighted by atomic mass is 35.5. The molecule has 4 rings (SSSR count). The van der Waals surface area contributed by atoms with E-state index in [1.54, 1.807) is 18.1 Å². The van der Waals surface area contributed by atoms with Crippen LogP contribution in [0.4, 0.5) is 10.5 Å². The fourth-order valence-electron chi connectivity index (χ4n) is 3.59. The van der Waals surface area contributed by atoms with Crippen LogP contribution in [0.1, 0.15) is 23.9 Å². The van der Waals surface area contributed by atoms with E-state index < -0.39 is 0 Å². The summed E-state index contributed by atoms with van der Waals surface area (Å²) in [6, 6.07) is 10.7. The first kappa shape index (κ1) is 21.5. The van der Waals surface area contributed by atoms with Crippen LogP contribution in [-0.4, -0.2) is 42.8 Å². The van der Waals surface area contributed by atoms with Crippen molar-refractivity contribution in [2.75, 3.05) is 31.7 Å². The minimum Gasteiger partial charge on any atom is -0.382 e. The van der Waals surface area contributed by atoms with E-state index in [1.165, 1.54) is 0 Å². The van der Waals surface area contributed by atoms with Crippen LogP contribution in [0, 0.1) is 0 Å². The van der Waals surface area contributed by atoms with Crippen molar-refractivity contribution in [2.45, 2.75) is 12.5 Å². The molecule has 1 fully saturated rings. The summed E-state index contributed by atoms with van der Waals surface area (Å²) < 4.78 is 5.38. The lowest BCUT2D eigenvalue weighted by Crippen LogP contribution is -2.46. The fraction of sp³-hybridized carbons (Fsp3) is 0.273. The van der Waals surface area contributed by atoms with Crippen molar-refractivity contribution in [1.29, 1.82) is 0 Å². The van der Waals surface area contributed by atoms with Crippen molar-refractivity contribution in [2.24, 2.45) is 0 Å². The molecule has 162 valence electrons. The van der Waals surface area contributed by atoms with Gasteiger partial charge in [0.1, 0.15) is 11.9 Å². The zero-order valence-electron chi connectivity index (χ0n) is 17.0. The Hall–Kier alpha value is -2.74. The third kappa shape index (κ3) is 4.63. The predicted molar refractivity (Wildman–Crippen MR) is 125 cm³/mol. The van der Waals surface area contributed by atoms with Crippen LogP contribution >= 0.6 is 23.2 Å². The number of hydrogen-bond acceptors (Lipinski definition) is 4. The molecule has 1 aromatic heterocycles. The summed E-state index contributed by atoms with van der Waals surface area (Å²) in [7, 11) is 1.63. The van der Waals surface area contributed by atoms with Crippen LogP contribution in [0.5, 0.6) is 0 Å².